The lowest BCUT2D eigenvalue weighted by atomic mass is 10.2. The summed E-state index contributed by atoms with van der Waals surface area (Å²) < 4.78 is 15.1. The minimum atomic E-state index is -1.25. The van der Waals surface area contributed by atoms with Crippen molar-refractivity contribution >= 4 is 5.97 Å². The molecule has 0 aliphatic heterocycles. The number of hydrogen-bond donors (Lipinski definition) is 1. The number of para-hydroxylation sites is 1. The Kier molecular flexibility index (Phi) is 3.15. The van der Waals surface area contributed by atoms with Crippen LogP contribution in [0, 0.1) is 5.82 Å². The summed E-state index contributed by atoms with van der Waals surface area (Å²) in [4.78, 5) is 15.4. The highest BCUT2D eigenvalue weighted by atomic mass is 19.1. The number of hydrogen-bond acceptors (Lipinski definition) is 4. The lowest BCUT2D eigenvalue weighted by Crippen LogP contribution is -2.05. The maximum atomic E-state index is 13.9. The van der Waals surface area contributed by atoms with Crippen LogP contribution >= 0.6 is 0 Å². The van der Waals surface area contributed by atoms with Crippen molar-refractivity contribution in [2.45, 2.75) is 0 Å². The highest BCUT2D eigenvalue weighted by Gasteiger charge is 2.23. The molecule has 0 saturated carbocycles. The van der Waals surface area contributed by atoms with Crippen LogP contribution in [-0.2, 0) is 0 Å². The second-order valence-electron chi connectivity index (χ2n) is 4.17. The molecule has 1 aromatic carbocycles. The molecule has 3 rings (SSSR count). The Hall–Kier alpha value is -3.09. The van der Waals surface area contributed by atoms with Gasteiger partial charge in [0, 0.05) is 6.20 Å². The van der Waals surface area contributed by atoms with Crippen molar-refractivity contribution in [2.75, 3.05) is 0 Å². The number of carbonyl (C=O) groups is 1. The van der Waals surface area contributed by atoms with E-state index >= 15 is 0 Å². The van der Waals surface area contributed by atoms with Gasteiger partial charge in [-0.1, -0.05) is 23.4 Å². The van der Waals surface area contributed by atoms with Gasteiger partial charge in [0.15, 0.2) is 5.69 Å². The van der Waals surface area contributed by atoms with Gasteiger partial charge in [0.2, 0.25) is 0 Å². The number of carboxylic acid groups (broad SMARTS) is 1. The van der Waals surface area contributed by atoms with E-state index in [-0.39, 0.29) is 17.1 Å². The number of carboxylic acids is 1. The third-order valence-corrected chi connectivity index (χ3v) is 2.86. The quantitative estimate of drug-likeness (QED) is 0.797. The minimum absolute atomic E-state index is 0.109. The van der Waals surface area contributed by atoms with Gasteiger partial charge in [-0.05, 0) is 24.3 Å². The molecule has 6 nitrogen and oxygen atoms in total. The standard InChI is InChI=1S/C14H9FN4O2/c15-9-5-1-2-7-11(9)19-13(10-6-3-4-8-16-10)12(14(20)21)17-18-19/h1-8H,(H,20,21). The van der Waals surface area contributed by atoms with Crippen molar-refractivity contribution in [3.05, 3.63) is 60.2 Å². The molecule has 0 radical (unpaired) electrons. The summed E-state index contributed by atoms with van der Waals surface area (Å²) in [5, 5.41) is 16.6. The van der Waals surface area contributed by atoms with Gasteiger partial charge < -0.3 is 5.11 Å². The van der Waals surface area contributed by atoms with E-state index in [4.69, 9.17) is 0 Å². The molecule has 0 aliphatic carbocycles. The molecule has 0 unspecified atom stereocenters. The zero-order chi connectivity index (χ0) is 14.8. The zero-order valence-corrected chi connectivity index (χ0v) is 10.6. The molecular weight excluding hydrogens is 275 g/mol. The molecule has 0 atom stereocenters. The van der Waals surface area contributed by atoms with Crippen molar-refractivity contribution in [3.63, 3.8) is 0 Å². The molecule has 0 amide bonds. The Labute approximate surface area is 118 Å². The monoisotopic (exact) mass is 284 g/mol. The van der Waals surface area contributed by atoms with Crippen LogP contribution < -0.4 is 0 Å². The molecular formula is C14H9FN4O2. The van der Waals surface area contributed by atoms with Gasteiger partial charge >= 0.3 is 5.97 Å². The predicted molar refractivity (Wildman–Crippen MR) is 71.5 cm³/mol. The smallest absolute Gasteiger partial charge is 0.358 e. The van der Waals surface area contributed by atoms with Crippen LogP contribution in [0.2, 0.25) is 0 Å². The summed E-state index contributed by atoms with van der Waals surface area (Å²) in [6, 6.07) is 10.9. The van der Waals surface area contributed by atoms with Crippen molar-refractivity contribution < 1.29 is 14.3 Å². The zero-order valence-electron chi connectivity index (χ0n) is 10.6. The summed E-state index contributed by atoms with van der Waals surface area (Å²) in [5.74, 6) is -1.78. The second kappa shape index (κ2) is 5.12. The SMILES string of the molecule is O=C(O)c1nnn(-c2ccccc2F)c1-c1ccccn1. The number of aromatic carboxylic acids is 1. The van der Waals surface area contributed by atoms with E-state index in [0.29, 0.717) is 5.69 Å². The fourth-order valence-electron chi connectivity index (χ4n) is 1.95. The summed E-state index contributed by atoms with van der Waals surface area (Å²) in [6.07, 6.45) is 1.51. The molecule has 104 valence electrons. The van der Waals surface area contributed by atoms with Crippen molar-refractivity contribution in [2.24, 2.45) is 0 Å². The lowest BCUT2D eigenvalue weighted by Gasteiger charge is -2.07. The first-order valence-electron chi connectivity index (χ1n) is 6.04. The Balaban J connectivity index is 2.28. The van der Waals surface area contributed by atoms with Crippen molar-refractivity contribution in [1.29, 1.82) is 0 Å². The molecule has 0 aliphatic rings. The molecule has 2 heterocycles. The van der Waals surface area contributed by atoms with Gasteiger partial charge in [-0.25, -0.2) is 13.9 Å². The third-order valence-electron chi connectivity index (χ3n) is 2.86. The predicted octanol–water partition coefficient (Wildman–Crippen LogP) is 2.17. The number of pyridine rings is 1. The van der Waals surface area contributed by atoms with E-state index < -0.39 is 11.8 Å². The summed E-state index contributed by atoms with van der Waals surface area (Å²) >= 11 is 0. The van der Waals surface area contributed by atoms with E-state index in [1.54, 1.807) is 24.3 Å². The highest BCUT2D eigenvalue weighted by Crippen LogP contribution is 2.24. The number of aromatic nitrogens is 4. The molecule has 3 aromatic rings. The van der Waals surface area contributed by atoms with Gasteiger partial charge in [0.05, 0.1) is 5.69 Å². The highest BCUT2D eigenvalue weighted by molar-refractivity contribution is 5.92. The normalized spacial score (nSPS) is 10.5. The average molecular weight is 284 g/mol. The van der Waals surface area contributed by atoms with Crippen LogP contribution in [0.4, 0.5) is 4.39 Å². The van der Waals surface area contributed by atoms with E-state index in [2.05, 4.69) is 15.3 Å². The molecule has 0 fully saturated rings. The first-order valence-corrected chi connectivity index (χ1v) is 6.04. The lowest BCUT2D eigenvalue weighted by molar-refractivity contribution is 0.0691. The fourth-order valence-corrected chi connectivity index (χ4v) is 1.95. The Morgan fingerprint density at radius 3 is 2.57 bits per heavy atom. The van der Waals surface area contributed by atoms with Crippen LogP contribution in [0.5, 0.6) is 0 Å². The van der Waals surface area contributed by atoms with Crippen molar-refractivity contribution in [3.8, 4) is 17.1 Å². The van der Waals surface area contributed by atoms with E-state index in [0.717, 1.165) is 4.68 Å². The van der Waals surface area contributed by atoms with Gasteiger partial charge in [-0.3, -0.25) is 4.98 Å². The maximum absolute atomic E-state index is 13.9. The van der Waals surface area contributed by atoms with E-state index in [1.165, 1.54) is 24.4 Å². The Morgan fingerprint density at radius 2 is 1.90 bits per heavy atom. The summed E-state index contributed by atoms with van der Waals surface area (Å²) in [6.45, 7) is 0. The summed E-state index contributed by atoms with van der Waals surface area (Å²) in [7, 11) is 0. The van der Waals surface area contributed by atoms with Crippen LogP contribution in [-0.4, -0.2) is 31.1 Å². The number of benzene rings is 1. The molecule has 7 heteroatoms. The van der Waals surface area contributed by atoms with E-state index in [1.807, 2.05) is 0 Å². The van der Waals surface area contributed by atoms with E-state index in [9.17, 15) is 14.3 Å². The maximum Gasteiger partial charge on any atom is 0.358 e. The molecule has 1 N–H and O–H groups in total. The molecule has 2 aromatic heterocycles. The molecule has 0 saturated heterocycles. The van der Waals surface area contributed by atoms with Crippen LogP contribution in [0.3, 0.4) is 0 Å². The fraction of sp³-hybridized carbons (Fsp3) is 0. The van der Waals surface area contributed by atoms with Crippen LogP contribution in [0.15, 0.2) is 48.7 Å². The van der Waals surface area contributed by atoms with Crippen molar-refractivity contribution in [1.82, 2.24) is 20.0 Å². The van der Waals surface area contributed by atoms with Gasteiger partial charge in [0.1, 0.15) is 17.2 Å². The minimum Gasteiger partial charge on any atom is -0.476 e. The first-order chi connectivity index (χ1) is 10.2. The molecule has 0 bridgehead atoms. The molecule has 21 heavy (non-hydrogen) atoms. The van der Waals surface area contributed by atoms with Gasteiger partial charge in [-0.2, -0.15) is 0 Å². The Bertz CT molecular complexity index is 802. The third kappa shape index (κ3) is 2.25. The molecule has 0 spiro atoms. The van der Waals surface area contributed by atoms with Gasteiger partial charge in [0.25, 0.3) is 0 Å². The van der Waals surface area contributed by atoms with Gasteiger partial charge in [-0.15, -0.1) is 5.10 Å². The Morgan fingerprint density at radius 1 is 1.14 bits per heavy atom. The topological polar surface area (TPSA) is 80.9 Å². The van der Waals surface area contributed by atoms with Crippen LogP contribution in [0.25, 0.3) is 17.1 Å². The number of halogens is 1. The second-order valence-corrected chi connectivity index (χ2v) is 4.17. The number of rotatable bonds is 3. The summed E-state index contributed by atoms with van der Waals surface area (Å²) in [5.41, 5.74) is 0.312. The average Bonchev–Trinajstić information content (AvgIpc) is 2.93. The number of nitrogens with zero attached hydrogens (tertiary/aromatic N) is 4. The van der Waals surface area contributed by atoms with Crippen LogP contribution in [0.1, 0.15) is 10.5 Å². The first kappa shape index (κ1) is 12.9. The largest absolute Gasteiger partial charge is 0.476 e.